The van der Waals surface area contributed by atoms with Gasteiger partial charge >= 0.3 is 5.97 Å². The Morgan fingerprint density at radius 1 is 1.45 bits per heavy atom. The molecule has 0 aromatic carbocycles. The minimum absolute atomic E-state index is 0.202. The van der Waals surface area contributed by atoms with Crippen molar-refractivity contribution in [3.05, 3.63) is 47.6 Å². The predicted octanol–water partition coefficient (Wildman–Crippen LogP) is 3.11. The molecule has 0 saturated carbocycles. The van der Waals surface area contributed by atoms with E-state index in [4.69, 9.17) is 16.0 Å². The van der Waals surface area contributed by atoms with Crippen LogP contribution in [0.15, 0.2) is 40.7 Å². The second kappa shape index (κ2) is 6.01. The standard InChI is InChI=1S/C16H18ClNO4/c1-9(2)16(15(20)21)8-11(4-5-12(16)17)18-14(19)13-10(3)6-7-22-13/h4-9,12H,1-3H3,(H,18,19)(H,20,21). The van der Waals surface area contributed by atoms with E-state index >= 15 is 0 Å². The fraction of sp³-hybridized carbons (Fsp3) is 0.375. The van der Waals surface area contributed by atoms with E-state index in [1.807, 2.05) is 0 Å². The number of aliphatic carboxylic acids is 1. The van der Waals surface area contributed by atoms with Crippen molar-refractivity contribution in [3.63, 3.8) is 0 Å². The average molecular weight is 324 g/mol. The summed E-state index contributed by atoms with van der Waals surface area (Å²) < 4.78 is 5.13. The maximum Gasteiger partial charge on any atom is 0.315 e. The Morgan fingerprint density at radius 2 is 2.14 bits per heavy atom. The largest absolute Gasteiger partial charge is 0.481 e. The molecular formula is C16H18ClNO4. The van der Waals surface area contributed by atoms with Crippen molar-refractivity contribution in [2.75, 3.05) is 0 Å². The van der Waals surface area contributed by atoms with Crippen molar-refractivity contribution in [1.82, 2.24) is 5.32 Å². The smallest absolute Gasteiger partial charge is 0.315 e. The van der Waals surface area contributed by atoms with Crippen molar-refractivity contribution >= 4 is 23.5 Å². The van der Waals surface area contributed by atoms with Gasteiger partial charge in [-0.1, -0.05) is 19.9 Å². The van der Waals surface area contributed by atoms with Crippen LogP contribution in [0.4, 0.5) is 0 Å². The van der Waals surface area contributed by atoms with E-state index < -0.39 is 22.7 Å². The van der Waals surface area contributed by atoms with Crippen LogP contribution in [0.25, 0.3) is 0 Å². The monoisotopic (exact) mass is 323 g/mol. The number of carboxylic acids is 1. The number of amides is 1. The first-order chi connectivity index (χ1) is 10.3. The Balaban J connectivity index is 2.32. The second-order valence-electron chi connectivity index (χ2n) is 5.64. The molecule has 1 amide bonds. The van der Waals surface area contributed by atoms with Gasteiger partial charge in [-0.2, -0.15) is 0 Å². The van der Waals surface area contributed by atoms with Gasteiger partial charge in [-0.25, -0.2) is 0 Å². The third-order valence-corrected chi connectivity index (χ3v) is 4.45. The molecule has 0 spiro atoms. The van der Waals surface area contributed by atoms with Gasteiger partial charge in [-0.3, -0.25) is 9.59 Å². The van der Waals surface area contributed by atoms with Gasteiger partial charge in [0.2, 0.25) is 0 Å². The fourth-order valence-electron chi connectivity index (χ4n) is 2.52. The number of hydrogen-bond acceptors (Lipinski definition) is 3. The van der Waals surface area contributed by atoms with Crippen LogP contribution in [0, 0.1) is 18.3 Å². The molecule has 0 fully saturated rings. The molecule has 2 rings (SSSR count). The molecule has 1 aromatic rings. The van der Waals surface area contributed by atoms with E-state index in [1.165, 1.54) is 12.3 Å². The van der Waals surface area contributed by atoms with E-state index in [-0.39, 0.29) is 11.7 Å². The fourth-order valence-corrected chi connectivity index (χ4v) is 3.00. The number of halogens is 1. The SMILES string of the molecule is Cc1ccoc1C(=O)NC1=CC(C(=O)O)(C(C)C)C(Cl)C=C1. The summed E-state index contributed by atoms with van der Waals surface area (Å²) in [7, 11) is 0. The molecule has 0 radical (unpaired) electrons. The number of aryl methyl sites for hydroxylation is 1. The van der Waals surface area contributed by atoms with Crippen molar-refractivity contribution in [2.45, 2.75) is 26.1 Å². The highest BCUT2D eigenvalue weighted by Crippen LogP contribution is 2.41. The lowest BCUT2D eigenvalue weighted by Gasteiger charge is -2.36. The molecular weight excluding hydrogens is 306 g/mol. The Kier molecular flexibility index (Phi) is 4.47. The molecule has 2 atom stereocenters. The van der Waals surface area contributed by atoms with Crippen LogP contribution in [0.3, 0.4) is 0 Å². The summed E-state index contributed by atoms with van der Waals surface area (Å²) in [5, 5.41) is 11.6. The van der Waals surface area contributed by atoms with Gasteiger partial charge < -0.3 is 14.8 Å². The first-order valence-electron chi connectivity index (χ1n) is 6.93. The minimum Gasteiger partial charge on any atom is -0.481 e. The summed E-state index contributed by atoms with van der Waals surface area (Å²) in [5.41, 5.74) is -0.160. The van der Waals surface area contributed by atoms with Crippen LogP contribution in [0.5, 0.6) is 0 Å². The lowest BCUT2D eigenvalue weighted by atomic mass is 9.71. The number of allylic oxidation sites excluding steroid dienone is 2. The second-order valence-corrected chi connectivity index (χ2v) is 6.11. The van der Waals surface area contributed by atoms with E-state index in [0.29, 0.717) is 11.3 Å². The van der Waals surface area contributed by atoms with E-state index in [0.717, 1.165) is 0 Å². The summed E-state index contributed by atoms with van der Waals surface area (Å²) in [6.45, 7) is 5.33. The van der Waals surface area contributed by atoms with Crippen molar-refractivity contribution < 1.29 is 19.1 Å². The van der Waals surface area contributed by atoms with Crippen LogP contribution in [0.1, 0.15) is 30.0 Å². The number of nitrogens with one attached hydrogen (secondary N) is 1. The molecule has 6 heteroatoms. The maximum absolute atomic E-state index is 12.2. The van der Waals surface area contributed by atoms with Crippen LogP contribution in [-0.2, 0) is 4.79 Å². The lowest BCUT2D eigenvalue weighted by Crippen LogP contribution is -2.44. The Bertz CT molecular complexity index is 659. The van der Waals surface area contributed by atoms with Crippen molar-refractivity contribution in [3.8, 4) is 0 Å². The molecule has 5 nitrogen and oxygen atoms in total. The summed E-state index contributed by atoms with van der Waals surface area (Å²) in [6.07, 6.45) is 6.13. The van der Waals surface area contributed by atoms with E-state index in [2.05, 4.69) is 5.32 Å². The van der Waals surface area contributed by atoms with Gasteiger partial charge in [0.1, 0.15) is 5.41 Å². The number of furan rings is 1. The quantitative estimate of drug-likeness (QED) is 0.834. The molecule has 2 N–H and O–H groups in total. The molecule has 1 aliphatic carbocycles. The number of carboxylic acid groups (broad SMARTS) is 1. The van der Waals surface area contributed by atoms with Crippen molar-refractivity contribution in [2.24, 2.45) is 11.3 Å². The molecule has 1 aliphatic rings. The van der Waals surface area contributed by atoms with Crippen LogP contribution < -0.4 is 5.32 Å². The van der Waals surface area contributed by atoms with Gasteiger partial charge in [-0.15, -0.1) is 11.6 Å². The number of rotatable bonds is 4. The average Bonchev–Trinajstić information content (AvgIpc) is 2.86. The maximum atomic E-state index is 12.2. The minimum atomic E-state index is -1.27. The van der Waals surface area contributed by atoms with E-state index in [1.54, 1.807) is 39.0 Å². The first kappa shape index (κ1) is 16.4. The summed E-state index contributed by atoms with van der Waals surface area (Å²) in [6, 6.07) is 1.68. The van der Waals surface area contributed by atoms with Crippen molar-refractivity contribution in [1.29, 1.82) is 0 Å². The summed E-state index contributed by atoms with van der Waals surface area (Å²) in [4.78, 5) is 23.9. The molecule has 2 unspecified atom stereocenters. The summed E-state index contributed by atoms with van der Waals surface area (Å²) in [5.74, 6) is -1.48. The number of carbonyl (C=O) groups is 2. The third kappa shape index (κ3) is 2.68. The van der Waals surface area contributed by atoms with Crippen LogP contribution in [0.2, 0.25) is 0 Å². The zero-order valence-corrected chi connectivity index (χ0v) is 13.3. The molecule has 0 bridgehead atoms. The number of hydrogen-bond donors (Lipinski definition) is 2. The highest BCUT2D eigenvalue weighted by atomic mass is 35.5. The lowest BCUT2D eigenvalue weighted by molar-refractivity contribution is -0.148. The normalized spacial score (nSPS) is 24.2. The molecule has 0 saturated heterocycles. The molecule has 0 aliphatic heterocycles. The van der Waals surface area contributed by atoms with Gasteiger partial charge in [0.25, 0.3) is 5.91 Å². The van der Waals surface area contributed by atoms with Gasteiger partial charge in [0, 0.05) is 11.3 Å². The predicted molar refractivity (Wildman–Crippen MR) is 82.7 cm³/mol. The zero-order valence-electron chi connectivity index (χ0n) is 12.6. The van der Waals surface area contributed by atoms with Gasteiger partial charge in [0.05, 0.1) is 11.6 Å². The summed E-state index contributed by atoms with van der Waals surface area (Å²) >= 11 is 6.21. The van der Waals surface area contributed by atoms with Crippen LogP contribution >= 0.6 is 11.6 Å². The highest BCUT2D eigenvalue weighted by Gasteiger charge is 2.47. The third-order valence-electron chi connectivity index (χ3n) is 3.95. The Hall–Kier alpha value is -2.01. The zero-order chi connectivity index (χ0) is 16.5. The first-order valence-corrected chi connectivity index (χ1v) is 7.36. The molecule has 1 aromatic heterocycles. The number of carbonyl (C=O) groups excluding carboxylic acids is 1. The van der Waals surface area contributed by atoms with E-state index in [9.17, 15) is 14.7 Å². The molecule has 118 valence electrons. The topological polar surface area (TPSA) is 79.5 Å². The highest BCUT2D eigenvalue weighted by molar-refractivity contribution is 6.24. The van der Waals surface area contributed by atoms with Gasteiger partial charge in [-0.05, 0) is 31.1 Å². The van der Waals surface area contributed by atoms with Crippen LogP contribution in [-0.4, -0.2) is 22.4 Å². The Morgan fingerprint density at radius 3 is 2.64 bits per heavy atom. The molecule has 1 heterocycles. The van der Waals surface area contributed by atoms with Gasteiger partial charge in [0.15, 0.2) is 5.76 Å². The molecule has 22 heavy (non-hydrogen) atoms. The Labute approximate surface area is 133 Å². The number of alkyl halides is 1.